The van der Waals surface area contributed by atoms with Gasteiger partial charge in [-0.1, -0.05) is 18.2 Å². The van der Waals surface area contributed by atoms with Crippen molar-refractivity contribution in [2.45, 2.75) is 18.9 Å². The van der Waals surface area contributed by atoms with Gasteiger partial charge in [0.05, 0.1) is 17.9 Å². The third kappa shape index (κ3) is 2.36. The van der Waals surface area contributed by atoms with Gasteiger partial charge in [0, 0.05) is 25.9 Å². The van der Waals surface area contributed by atoms with E-state index in [0.717, 1.165) is 5.69 Å². The highest BCUT2D eigenvalue weighted by atomic mass is 16.2. The molecule has 2 fully saturated rings. The standard InChI is InChI=1S/C16H15N5O3/c22-14-6-7-15(23)20(14)12-9-19(10-12)16(24)13-8-17-21(18-13)11-4-2-1-3-5-11/h1-5,8,12H,6-7,9-10H2. The molecule has 0 unspecified atom stereocenters. The molecule has 0 spiro atoms. The number of nitrogens with zero attached hydrogens (tertiary/aromatic N) is 5. The molecule has 3 amide bonds. The van der Waals surface area contributed by atoms with Gasteiger partial charge >= 0.3 is 0 Å². The van der Waals surface area contributed by atoms with Crippen LogP contribution in [0, 0.1) is 0 Å². The molecule has 0 radical (unpaired) electrons. The van der Waals surface area contributed by atoms with E-state index in [1.807, 2.05) is 30.3 Å². The highest BCUT2D eigenvalue weighted by Crippen LogP contribution is 2.23. The number of rotatable bonds is 3. The number of para-hydroxylation sites is 1. The number of hydrogen-bond donors (Lipinski definition) is 0. The molecule has 0 bridgehead atoms. The van der Waals surface area contributed by atoms with Crippen LogP contribution >= 0.6 is 0 Å². The van der Waals surface area contributed by atoms with Gasteiger partial charge in [0.25, 0.3) is 5.91 Å². The first kappa shape index (κ1) is 14.6. The van der Waals surface area contributed by atoms with Crippen LogP contribution in [0.25, 0.3) is 5.69 Å². The van der Waals surface area contributed by atoms with Gasteiger partial charge in [0.2, 0.25) is 11.8 Å². The van der Waals surface area contributed by atoms with E-state index >= 15 is 0 Å². The van der Waals surface area contributed by atoms with Gasteiger partial charge in [0.1, 0.15) is 0 Å². The molecule has 0 atom stereocenters. The zero-order chi connectivity index (χ0) is 16.7. The van der Waals surface area contributed by atoms with Crippen LogP contribution in [0.15, 0.2) is 36.5 Å². The molecule has 3 heterocycles. The van der Waals surface area contributed by atoms with Crippen molar-refractivity contribution in [1.82, 2.24) is 24.8 Å². The Labute approximate surface area is 137 Å². The summed E-state index contributed by atoms with van der Waals surface area (Å²) in [7, 11) is 0. The summed E-state index contributed by atoms with van der Waals surface area (Å²) in [6, 6.07) is 9.10. The molecule has 24 heavy (non-hydrogen) atoms. The first-order chi connectivity index (χ1) is 11.6. The van der Waals surface area contributed by atoms with Crippen molar-refractivity contribution in [3.05, 3.63) is 42.2 Å². The van der Waals surface area contributed by atoms with Gasteiger partial charge in [-0.3, -0.25) is 19.3 Å². The maximum absolute atomic E-state index is 12.4. The van der Waals surface area contributed by atoms with Gasteiger partial charge < -0.3 is 4.90 Å². The lowest BCUT2D eigenvalue weighted by molar-refractivity contribution is -0.144. The SMILES string of the molecule is O=C(c1cnn(-c2ccccc2)n1)N1CC(N2C(=O)CCC2=O)C1. The Balaban J connectivity index is 1.42. The van der Waals surface area contributed by atoms with Crippen LogP contribution < -0.4 is 0 Å². The summed E-state index contributed by atoms with van der Waals surface area (Å²) in [6.07, 6.45) is 1.97. The number of carbonyl (C=O) groups is 3. The van der Waals surface area contributed by atoms with E-state index in [9.17, 15) is 14.4 Å². The number of hydrogen-bond acceptors (Lipinski definition) is 5. The minimum Gasteiger partial charge on any atom is -0.333 e. The third-order valence-electron chi connectivity index (χ3n) is 4.30. The van der Waals surface area contributed by atoms with E-state index in [0.29, 0.717) is 13.1 Å². The number of benzene rings is 1. The van der Waals surface area contributed by atoms with Crippen LogP contribution in [-0.2, 0) is 9.59 Å². The molecule has 1 aromatic carbocycles. The van der Waals surface area contributed by atoms with Gasteiger partial charge in [-0.2, -0.15) is 9.90 Å². The molecule has 0 N–H and O–H groups in total. The number of likely N-dealkylation sites (tertiary alicyclic amines) is 2. The van der Waals surface area contributed by atoms with Crippen LogP contribution in [0.4, 0.5) is 0 Å². The van der Waals surface area contributed by atoms with Crippen molar-refractivity contribution in [1.29, 1.82) is 0 Å². The van der Waals surface area contributed by atoms with Crippen molar-refractivity contribution in [2.75, 3.05) is 13.1 Å². The Bertz CT molecular complexity index is 794. The molecule has 2 saturated heterocycles. The zero-order valence-electron chi connectivity index (χ0n) is 12.8. The quantitative estimate of drug-likeness (QED) is 0.754. The number of aromatic nitrogens is 3. The molecular formula is C16H15N5O3. The van der Waals surface area contributed by atoms with Crippen molar-refractivity contribution in [3.63, 3.8) is 0 Å². The normalized spacial score (nSPS) is 18.2. The summed E-state index contributed by atoms with van der Waals surface area (Å²) in [5.41, 5.74) is 1.02. The topological polar surface area (TPSA) is 88.4 Å². The number of imide groups is 1. The fourth-order valence-corrected chi connectivity index (χ4v) is 2.99. The number of amides is 3. The molecule has 2 aliphatic rings. The van der Waals surface area contributed by atoms with Crippen LogP contribution in [-0.4, -0.2) is 61.6 Å². The maximum Gasteiger partial charge on any atom is 0.276 e. The highest BCUT2D eigenvalue weighted by Gasteiger charge is 2.43. The summed E-state index contributed by atoms with van der Waals surface area (Å²) < 4.78 is 0. The van der Waals surface area contributed by atoms with Crippen LogP contribution in [0.5, 0.6) is 0 Å². The first-order valence-electron chi connectivity index (χ1n) is 7.75. The lowest BCUT2D eigenvalue weighted by Crippen LogP contribution is -2.62. The minimum absolute atomic E-state index is 0.146. The maximum atomic E-state index is 12.4. The molecule has 8 heteroatoms. The minimum atomic E-state index is -0.243. The van der Waals surface area contributed by atoms with Crippen LogP contribution in [0.3, 0.4) is 0 Å². The Kier molecular flexibility index (Phi) is 3.37. The van der Waals surface area contributed by atoms with Crippen molar-refractivity contribution >= 4 is 17.7 Å². The second kappa shape index (κ2) is 5.55. The van der Waals surface area contributed by atoms with E-state index in [1.165, 1.54) is 15.9 Å². The predicted molar refractivity (Wildman–Crippen MR) is 82.1 cm³/mol. The Morgan fingerprint density at radius 1 is 1.04 bits per heavy atom. The van der Waals surface area contributed by atoms with Crippen molar-refractivity contribution in [2.24, 2.45) is 0 Å². The largest absolute Gasteiger partial charge is 0.333 e. The molecule has 2 aliphatic heterocycles. The summed E-state index contributed by atoms with van der Waals surface area (Å²) in [6.45, 7) is 0.711. The molecule has 122 valence electrons. The fourth-order valence-electron chi connectivity index (χ4n) is 2.99. The van der Waals surface area contributed by atoms with Gasteiger partial charge in [-0.25, -0.2) is 0 Å². The summed E-state index contributed by atoms with van der Waals surface area (Å²) in [5.74, 6) is -0.535. The van der Waals surface area contributed by atoms with E-state index in [1.54, 1.807) is 4.90 Å². The average Bonchev–Trinajstić information content (AvgIpc) is 3.16. The zero-order valence-corrected chi connectivity index (χ0v) is 12.8. The molecule has 8 nitrogen and oxygen atoms in total. The Morgan fingerprint density at radius 2 is 1.71 bits per heavy atom. The first-order valence-corrected chi connectivity index (χ1v) is 7.75. The van der Waals surface area contributed by atoms with Crippen molar-refractivity contribution in [3.8, 4) is 5.69 Å². The Hall–Kier alpha value is -3.03. The molecule has 1 aromatic heterocycles. The Morgan fingerprint density at radius 3 is 2.38 bits per heavy atom. The van der Waals surface area contributed by atoms with Crippen LogP contribution in [0.2, 0.25) is 0 Å². The van der Waals surface area contributed by atoms with Crippen molar-refractivity contribution < 1.29 is 14.4 Å². The summed E-state index contributed by atoms with van der Waals surface area (Å²) in [4.78, 5) is 40.1. The predicted octanol–water partition coefficient (Wildman–Crippen LogP) is 0.241. The lowest BCUT2D eigenvalue weighted by atomic mass is 10.1. The molecule has 4 rings (SSSR count). The molecule has 0 aliphatic carbocycles. The summed E-state index contributed by atoms with van der Waals surface area (Å²) >= 11 is 0. The molecule has 2 aromatic rings. The van der Waals surface area contributed by atoms with E-state index < -0.39 is 0 Å². The second-order valence-electron chi connectivity index (χ2n) is 5.88. The highest BCUT2D eigenvalue weighted by molar-refractivity contribution is 6.02. The lowest BCUT2D eigenvalue weighted by Gasteiger charge is -2.42. The molecular weight excluding hydrogens is 310 g/mol. The van der Waals surface area contributed by atoms with Crippen LogP contribution in [0.1, 0.15) is 23.3 Å². The number of carbonyl (C=O) groups excluding carboxylic acids is 3. The average molecular weight is 325 g/mol. The third-order valence-corrected chi connectivity index (χ3v) is 4.30. The van der Waals surface area contributed by atoms with E-state index in [-0.39, 0.29) is 42.3 Å². The van der Waals surface area contributed by atoms with Gasteiger partial charge in [-0.05, 0) is 12.1 Å². The monoisotopic (exact) mass is 325 g/mol. The van der Waals surface area contributed by atoms with E-state index in [2.05, 4.69) is 10.2 Å². The second-order valence-corrected chi connectivity index (χ2v) is 5.88. The smallest absolute Gasteiger partial charge is 0.276 e. The van der Waals surface area contributed by atoms with Gasteiger partial charge in [-0.15, -0.1) is 5.10 Å². The van der Waals surface area contributed by atoms with Gasteiger partial charge in [0.15, 0.2) is 5.69 Å². The van der Waals surface area contributed by atoms with E-state index in [4.69, 9.17) is 0 Å². The summed E-state index contributed by atoms with van der Waals surface area (Å²) in [5, 5.41) is 8.31. The molecule has 0 saturated carbocycles. The fraction of sp³-hybridized carbons (Fsp3) is 0.312.